The van der Waals surface area contributed by atoms with Crippen LogP contribution in [0.25, 0.3) is 4.96 Å². The molecule has 0 saturated carbocycles. The predicted octanol–water partition coefficient (Wildman–Crippen LogP) is 5.13. The normalized spacial score (nSPS) is 16.2. The quantitative estimate of drug-likeness (QED) is 0.406. The van der Waals surface area contributed by atoms with Gasteiger partial charge in [-0.05, 0) is 42.8 Å². The van der Waals surface area contributed by atoms with E-state index in [0.29, 0.717) is 10.8 Å². The molecule has 1 atom stereocenters. The van der Waals surface area contributed by atoms with Crippen LogP contribution in [0.2, 0.25) is 5.02 Å². The van der Waals surface area contributed by atoms with Gasteiger partial charge in [-0.15, -0.1) is 5.10 Å². The number of aromatic hydroxyl groups is 1. The summed E-state index contributed by atoms with van der Waals surface area (Å²) >= 11 is 11.3. The largest absolute Gasteiger partial charge is 0.492 e. The van der Waals surface area contributed by atoms with Gasteiger partial charge >= 0.3 is 0 Å². The lowest BCUT2D eigenvalue weighted by Crippen LogP contribution is -2.47. The first-order valence-corrected chi connectivity index (χ1v) is 12.0. The van der Waals surface area contributed by atoms with Crippen LogP contribution in [0.3, 0.4) is 0 Å². The van der Waals surface area contributed by atoms with E-state index >= 15 is 0 Å². The number of rotatable bonds is 4. The van der Waals surface area contributed by atoms with Crippen molar-refractivity contribution in [3.8, 4) is 5.88 Å². The average Bonchev–Trinajstić information content (AvgIpc) is 3.26. The van der Waals surface area contributed by atoms with Gasteiger partial charge < -0.3 is 10.0 Å². The van der Waals surface area contributed by atoms with Crippen LogP contribution in [0.4, 0.5) is 5.69 Å². The van der Waals surface area contributed by atoms with Crippen molar-refractivity contribution in [2.75, 3.05) is 31.1 Å². The molecule has 160 valence electrons. The van der Waals surface area contributed by atoms with E-state index in [2.05, 4.69) is 54.0 Å². The first-order valence-electron chi connectivity index (χ1n) is 10.0. The summed E-state index contributed by atoms with van der Waals surface area (Å²) in [7, 11) is 0. The van der Waals surface area contributed by atoms with E-state index in [-0.39, 0.29) is 11.9 Å². The number of thiazole rings is 1. The first kappa shape index (κ1) is 20.8. The Morgan fingerprint density at radius 1 is 1.10 bits per heavy atom. The molecule has 1 aliphatic heterocycles. The van der Waals surface area contributed by atoms with Crippen molar-refractivity contribution < 1.29 is 5.11 Å². The second-order valence-corrected chi connectivity index (χ2v) is 9.96. The number of fused-ring (bicyclic) bond motifs is 1. The summed E-state index contributed by atoms with van der Waals surface area (Å²) in [6.45, 7) is 5.31. The molecule has 1 fully saturated rings. The maximum atomic E-state index is 11.0. The molecule has 6 nitrogen and oxygen atoms in total. The molecule has 0 radical (unpaired) electrons. The summed E-state index contributed by atoms with van der Waals surface area (Å²) in [5.41, 5.74) is 2.27. The molecule has 0 amide bonds. The Bertz CT molecular complexity index is 1230. The van der Waals surface area contributed by atoms with E-state index < -0.39 is 0 Å². The van der Waals surface area contributed by atoms with Gasteiger partial charge in [0.1, 0.15) is 5.82 Å². The zero-order valence-electron chi connectivity index (χ0n) is 16.9. The highest BCUT2D eigenvalue weighted by atomic mass is 79.9. The number of halogens is 2. The minimum absolute atomic E-state index is 0.0761. The summed E-state index contributed by atoms with van der Waals surface area (Å²) in [6, 6.07) is 16.2. The molecular formula is C22H21BrClN5OS. The molecule has 0 unspecified atom stereocenters. The number of benzene rings is 2. The van der Waals surface area contributed by atoms with Crippen LogP contribution in [-0.4, -0.2) is 50.8 Å². The van der Waals surface area contributed by atoms with Gasteiger partial charge in [-0.2, -0.15) is 4.52 Å². The van der Waals surface area contributed by atoms with E-state index in [4.69, 9.17) is 11.6 Å². The van der Waals surface area contributed by atoms with Crippen molar-refractivity contribution in [2.24, 2.45) is 0 Å². The van der Waals surface area contributed by atoms with Crippen molar-refractivity contribution in [3.63, 3.8) is 0 Å². The SMILES string of the molecule is Cc1nc2sc([C@@H](c3cccc(Br)c3)N3CCN(c4cccc(Cl)c4)CC3)c(O)n2n1. The van der Waals surface area contributed by atoms with Crippen LogP contribution in [0.15, 0.2) is 53.0 Å². The third kappa shape index (κ3) is 4.05. The van der Waals surface area contributed by atoms with Gasteiger partial charge in [0, 0.05) is 41.4 Å². The first-order chi connectivity index (χ1) is 15.0. The van der Waals surface area contributed by atoms with Crippen LogP contribution in [0.5, 0.6) is 5.88 Å². The van der Waals surface area contributed by atoms with Crippen molar-refractivity contribution in [1.29, 1.82) is 0 Å². The molecule has 31 heavy (non-hydrogen) atoms. The summed E-state index contributed by atoms with van der Waals surface area (Å²) in [5, 5.41) is 16.1. The highest BCUT2D eigenvalue weighted by molar-refractivity contribution is 9.10. The molecule has 1 N–H and O–H groups in total. The predicted molar refractivity (Wildman–Crippen MR) is 128 cm³/mol. The molecule has 0 bridgehead atoms. The van der Waals surface area contributed by atoms with E-state index in [1.165, 1.54) is 11.3 Å². The fourth-order valence-electron chi connectivity index (χ4n) is 4.14. The molecule has 5 rings (SSSR count). The second kappa shape index (κ2) is 8.43. The van der Waals surface area contributed by atoms with Gasteiger partial charge in [-0.1, -0.05) is 57.1 Å². The number of piperazine rings is 1. The van der Waals surface area contributed by atoms with Gasteiger partial charge in [-0.25, -0.2) is 4.98 Å². The van der Waals surface area contributed by atoms with Gasteiger partial charge in [0.2, 0.25) is 10.8 Å². The molecule has 3 heterocycles. The maximum Gasteiger partial charge on any atom is 0.230 e. The van der Waals surface area contributed by atoms with Crippen molar-refractivity contribution in [3.05, 3.63) is 74.3 Å². The van der Waals surface area contributed by atoms with Crippen LogP contribution in [0.1, 0.15) is 22.3 Å². The minimum Gasteiger partial charge on any atom is -0.492 e. The molecule has 4 aromatic rings. The highest BCUT2D eigenvalue weighted by Crippen LogP contribution is 2.41. The molecule has 2 aromatic heterocycles. The molecule has 0 spiro atoms. The second-order valence-electron chi connectivity index (χ2n) is 7.60. The third-order valence-electron chi connectivity index (χ3n) is 5.57. The Labute approximate surface area is 197 Å². The number of aromatic nitrogens is 3. The molecule has 2 aromatic carbocycles. The summed E-state index contributed by atoms with van der Waals surface area (Å²) in [4.78, 5) is 10.8. The van der Waals surface area contributed by atoms with Gasteiger partial charge in [0.15, 0.2) is 0 Å². The minimum atomic E-state index is -0.0761. The van der Waals surface area contributed by atoms with Gasteiger partial charge in [0.25, 0.3) is 0 Å². The Balaban J connectivity index is 1.48. The Morgan fingerprint density at radius 3 is 2.58 bits per heavy atom. The van der Waals surface area contributed by atoms with Crippen LogP contribution < -0.4 is 4.90 Å². The highest BCUT2D eigenvalue weighted by Gasteiger charge is 2.31. The zero-order valence-corrected chi connectivity index (χ0v) is 20.0. The number of hydrogen-bond acceptors (Lipinski definition) is 6. The van der Waals surface area contributed by atoms with E-state index in [0.717, 1.165) is 51.8 Å². The lowest BCUT2D eigenvalue weighted by molar-refractivity contribution is 0.211. The van der Waals surface area contributed by atoms with Crippen molar-refractivity contribution in [2.45, 2.75) is 13.0 Å². The summed E-state index contributed by atoms with van der Waals surface area (Å²) in [6.07, 6.45) is 0. The lowest BCUT2D eigenvalue weighted by atomic mass is 10.0. The van der Waals surface area contributed by atoms with E-state index in [1.807, 2.05) is 37.3 Å². The number of aryl methyl sites for hydroxylation is 1. The zero-order chi connectivity index (χ0) is 21.5. The van der Waals surface area contributed by atoms with E-state index in [9.17, 15) is 5.11 Å². The topological polar surface area (TPSA) is 56.9 Å². The Kier molecular flexibility index (Phi) is 5.64. The van der Waals surface area contributed by atoms with Gasteiger partial charge in [0.05, 0.1) is 10.9 Å². The number of nitrogens with zero attached hydrogens (tertiary/aromatic N) is 5. The smallest absolute Gasteiger partial charge is 0.230 e. The van der Waals surface area contributed by atoms with E-state index in [1.54, 1.807) is 4.52 Å². The number of hydrogen-bond donors (Lipinski definition) is 1. The number of anilines is 1. The van der Waals surface area contributed by atoms with Gasteiger partial charge in [-0.3, -0.25) is 4.90 Å². The lowest BCUT2D eigenvalue weighted by Gasteiger charge is -2.40. The van der Waals surface area contributed by atoms with Crippen molar-refractivity contribution >= 4 is 49.5 Å². The third-order valence-corrected chi connectivity index (χ3v) is 7.37. The molecule has 0 aliphatic carbocycles. The van der Waals surface area contributed by atoms with Crippen LogP contribution in [0, 0.1) is 6.92 Å². The maximum absolute atomic E-state index is 11.0. The Morgan fingerprint density at radius 2 is 1.87 bits per heavy atom. The van der Waals surface area contributed by atoms with Crippen molar-refractivity contribution in [1.82, 2.24) is 19.5 Å². The summed E-state index contributed by atoms with van der Waals surface area (Å²) in [5.74, 6) is 0.824. The van der Waals surface area contributed by atoms with Crippen LogP contribution in [-0.2, 0) is 0 Å². The fourth-order valence-corrected chi connectivity index (χ4v) is 5.91. The van der Waals surface area contributed by atoms with Crippen LogP contribution >= 0.6 is 38.9 Å². The molecule has 1 saturated heterocycles. The average molecular weight is 519 g/mol. The standard InChI is InChI=1S/C22H21BrClN5OS/c1-14-25-22-29(26-14)21(30)20(31-22)19(15-4-2-5-16(23)12-15)28-10-8-27(9-11-28)18-7-3-6-17(24)13-18/h2-7,12-13,19,30H,8-11H2,1H3/t19-/m1/s1. The Hall–Kier alpha value is -2.13. The molecule has 1 aliphatic rings. The molecule has 9 heteroatoms. The molecular weight excluding hydrogens is 498 g/mol. The summed E-state index contributed by atoms with van der Waals surface area (Å²) < 4.78 is 2.56. The fraction of sp³-hybridized carbons (Fsp3) is 0.273. The monoisotopic (exact) mass is 517 g/mol.